The Morgan fingerprint density at radius 1 is 1.03 bits per heavy atom. The van der Waals surface area contributed by atoms with Gasteiger partial charge in [0, 0.05) is 18.3 Å². The van der Waals surface area contributed by atoms with E-state index in [2.05, 4.69) is 6.92 Å². The number of imidazole rings is 1. The number of rotatable bonds is 4. The lowest BCUT2D eigenvalue weighted by Gasteiger charge is -2.56. The number of hydrogen-bond donors (Lipinski definition) is 1. The molecule has 0 amide bonds. The Bertz CT molecular complexity index is 1210. The normalized spacial score (nSPS) is 39.8. The van der Waals surface area contributed by atoms with Crippen LogP contribution in [0.5, 0.6) is 0 Å². The molecule has 4 fully saturated rings. The molecular formula is C30H39FN2O3. The molecule has 194 valence electrons. The van der Waals surface area contributed by atoms with Crippen molar-refractivity contribution in [2.45, 2.75) is 83.8 Å². The van der Waals surface area contributed by atoms with Gasteiger partial charge < -0.3 is 5.11 Å². The minimum Gasteiger partial charge on any atom is -0.390 e. The van der Waals surface area contributed by atoms with Crippen LogP contribution in [0.25, 0.3) is 5.69 Å². The lowest BCUT2D eigenvalue weighted by atomic mass is 9.49. The fraction of sp³-hybridized carbons (Fsp3) is 0.667. The highest BCUT2D eigenvalue weighted by molar-refractivity contribution is 5.82. The molecule has 1 N–H and O–H groups in total. The quantitative estimate of drug-likeness (QED) is 0.622. The van der Waals surface area contributed by atoms with E-state index in [4.69, 9.17) is 0 Å². The van der Waals surface area contributed by atoms with Crippen molar-refractivity contribution in [3.8, 4) is 5.69 Å². The van der Waals surface area contributed by atoms with Gasteiger partial charge in [-0.1, -0.05) is 13.0 Å². The first-order valence-electron chi connectivity index (χ1n) is 14.0. The summed E-state index contributed by atoms with van der Waals surface area (Å²) in [7, 11) is 0. The maximum atomic E-state index is 13.7. The van der Waals surface area contributed by atoms with Gasteiger partial charge in [-0.05, 0) is 118 Å². The number of carbonyl (C=O) groups is 1. The molecule has 4 aliphatic rings. The van der Waals surface area contributed by atoms with Gasteiger partial charge in [0.2, 0.25) is 0 Å². The van der Waals surface area contributed by atoms with E-state index in [1.54, 1.807) is 24.5 Å². The molecule has 1 heterocycles. The topological polar surface area (TPSA) is 64.2 Å². The predicted molar refractivity (Wildman–Crippen MR) is 136 cm³/mol. The van der Waals surface area contributed by atoms with Gasteiger partial charge in [-0.25, -0.2) is 9.18 Å². The zero-order valence-electron chi connectivity index (χ0n) is 21.5. The van der Waals surface area contributed by atoms with Crippen molar-refractivity contribution >= 4 is 5.78 Å². The summed E-state index contributed by atoms with van der Waals surface area (Å²) in [5, 5.41) is 10.6. The van der Waals surface area contributed by atoms with Crippen molar-refractivity contribution in [3.63, 3.8) is 0 Å². The SMILES string of the molecule is C[C@@]1(O)CC[C@H]2[C@H](CC[C@@H]3[C@@H]2CC[C@]2(C)[C@@H](C(=O)Cn4ccn(-c5cccc(F)c5)c4=O)CC[C@@H]32)C1. The number of aromatic nitrogens is 2. The third-order valence-electron chi connectivity index (χ3n) is 10.9. The molecule has 0 saturated heterocycles. The van der Waals surface area contributed by atoms with Gasteiger partial charge in [-0.3, -0.25) is 13.9 Å². The number of benzene rings is 1. The molecule has 0 bridgehead atoms. The standard InChI is InChI=1S/C30H39FN2O3/c1-29(36)12-10-22-19(17-29)6-7-24-23(22)11-13-30(2)25(24)8-9-26(30)27(34)18-32-14-15-33(28(32)35)21-5-3-4-20(31)16-21/h3-5,14-16,19,22-26,36H,6-13,17-18H2,1-2H3/t19-,22+,23-,24-,25+,26-,29-,30+/m1/s1. The summed E-state index contributed by atoms with van der Waals surface area (Å²) in [6.45, 7) is 4.45. The van der Waals surface area contributed by atoms with Crippen LogP contribution in [0, 0.1) is 46.7 Å². The average Bonchev–Trinajstić information content (AvgIpc) is 3.37. The van der Waals surface area contributed by atoms with Gasteiger partial charge in [0.15, 0.2) is 5.78 Å². The molecule has 2 aromatic rings. The van der Waals surface area contributed by atoms with Crippen molar-refractivity contribution < 1.29 is 14.3 Å². The van der Waals surface area contributed by atoms with Crippen LogP contribution in [0.1, 0.15) is 71.6 Å². The summed E-state index contributed by atoms with van der Waals surface area (Å²) in [5.74, 6) is 3.20. The van der Waals surface area contributed by atoms with Crippen molar-refractivity contribution in [1.29, 1.82) is 0 Å². The summed E-state index contributed by atoms with van der Waals surface area (Å²) in [5.41, 5.74) is -0.311. The molecule has 5 nitrogen and oxygen atoms in total. The van der Waals surface area contributed by atoms with E-state index in [0.717, 1.165) is 50.4 Å². The number of halogens is 1. The van der Waals surface area contributed by atoms with E-state index in [0.29, 0.717) is 23.4 Å². The first-order valence-corrected chi connectivity index (χ1v) is 14.0. The summed E-state index contributed by atoms with van der Waals surface area (Å²) < 4.78 is 16.5. The van der Waals surface area contributed by atoms with E-state index in [1.807, 2.05) is 6.92 Å². The zero-order chi connectivity index (χ0) is 25.2. The second-order valence-electron chi connectivity index (χ2n) is 12.9. The lowest BCUT2D eigenvalue weighted by molar-refractivity contribution is -0.133. The van der Waals surface area contributed by atoms with E-state index < -0.39 is 11.4 Å². The van der Waals surface area contributed by atoms with Crippen LogP contribution in [0.3, 0.4) is 0 Å². The Labute approximate surface area is 212 Å². The summed E-state index contributed by atoms with van der Waals surface area (Å²) >= 11 is 0. The Morgan fingerprint density at radius 3 is 2.64 bits per heavy atom. The Morgan fingerprint density at radius 2 is 1.83 bits per heavy atom. The largest absolute Gasteiger partial charge is 0.390 e. The molecule has 0 radical (unpaired) electrons. The maximum absolute atomic E-state index is 13.7. The van der Waals surface area contributed by atoms with Gasteiger partial charge in [-0.15, -0.1) is 0 Å². The van der Waals surface area contributed by atoms with Crippen LogP contribution in [-0.4, -0.2) is 25.6 Å². The molecule has 8 atom stereocenters. The summed E-state index contributed by atoms with van der Waals surface area (Å²) in [6.07, 6.45) is 13.1. The van der Waals surface area contributed by atoms with Crippen molar-refractivity contribution in [3.05, 3.63) is 53.0 Å². The third-order valence-corrected chi connectivity index (χ3v) is 10.9. The molecular weight excluding hydrogens is 455 g/mol. The van der Waals surface area contributed by atoms with Gasteiger partial charge in [-0.2, -0.15) is 0 Å². The summed E-state index contributed by atoms with van der Waals surface area (Å²) in [4.78, 5) is 26.6. The van der Waals surface area contributed by atoms with E-state index in [-0.39, 0.29) is 29.4 Å². The Kier molecular flexibility index (Phi) is 5.82. The number of ketones is 1. The molecule has 0 aliphatic heterocycles. The first-order chi connectivity index (χ1) is 17.2. The van der Waals surface area contributed by atoms with Gasteiger partial charge >= 0.3 is 5.69 Å². The third kappa shape index (κ3) is 3.91. The molecule has 1 aromatic carbocycles. The minimum absolute atomic E-state index is 0.00215. The Balaban J connectivity index is 1.17. The van der Waals surface area contributed by atoms with E-state index >= 15 is 0 Å². The van der Waals surface area contributed by atoms with Crippen LogP contribution < -0.4 is 5.69 Å². The lowest BCUT2D eigenvalue weighted by Crippen LogP contribution is -2.51. The molecule has 4 aliphatic carbocycles. The highest BCUT2D eigenvalue weighted by atomic mass is 19.1. The van der Waals surface area contributed by atoms with Crippen LogP contribution >= 0.6 is 0 Å². The maximum Gasteiger partial charge on any atom is 0.333 e. The fourth-order valence-electron chi connectivity index (χ4n) is 9.24. The van der Waals surface area contributed by atoms with Crippen LogP contribution in [0.15, 0.2) is 41.5 Å². The molecule has 1 aromatic heterocycles. The number of carbonyl (C=O) groups excluding carboxylic acids is 1. The van der Waals surface area contributed by atoms with Gasteiger partial charge in [0.05, 0.1) is 17.8 Å². The number of fused-ring (bicyclic) bond motifs is 5. The molecule has 0 unspecified atom stereocenters. The monoisotopic (exact) mass is 494 g/mol. The average molecular weight is 495 g/mol. The van der Waals surface area contributed by atoms with E-state index in [1.165, 1.54) is 40.5 Å². The first kappa shape index (κ1) is 24.1. The van der Waals surface area contributed by atoms with Crippen molar-refractivity contribution in [1.82, 2.24) is 9.13 Å². The molecule has 6 heteroatoms. The fourth-order valence-corrected chi connectivity index (χ4v) is 9.24. The molecule has 4 saturated carbocycles. The van der Waals surface area contributed by atoms with Crippen LogP contribution in [0.4, 0.5) is 4.39 Å². The number of Topliss-reactive ketones (excluding diaryl/α,β-unsaturated/α-hetero) is 1. The second-order valence-corrected chi connectivity index (χ2v) is 12.9. The van der Waals surface area contributed by atoms with Gasteiger partial charge in [0.25, 0.3) is 0 Å². The smallest absolute Gasteiger partial charge is 0.333 e. The van der Waals surface area contributed by atoms with E-state index in [9.17, 15) is 19.1 Å². The highest BCUT2D eigenvalue weighted by Crippen LogP contribution is 2.64. The number of aliphatic hydroxyl groups is 1. The van der Waals surface area contributed by atoms with Crippen molar-refractivity contribution in [2.75, 3.05) is 0 Å². The highest BCUT2D eigenvalue weighted by Gasteiger charge is 2.58. The van der Waals surface area contributed by atoms with Crippen LogP contribution in [0.2, 0.25) is 0 Å². The van der Waals surface area contributed by atoms with Gasteiger partial charge in [0.1, 0.15) is 5.82 Å². The zero-order valence-corrected chi connectivity index (χ0v) is 21.5. The number of nitrogens with zero attached hydrogens (tertiary/aromatic N) is 2. The minimum atomic E-state index is -0.492. The Hall–Kier alpha value is -2.21. The molecule has 6 rings (SSSR count). The van der Waals surface area contributed by atoms with Crippen molar-refractivity contribution in [2.24, 2.45) is 40.9 Å². The molecule has 0 spiro atoms. The summed E-state index contributed by atoms with van der Waals surface area (Å²) in [6, 6.07) is 5.96. The van der Waals surface area contributed by atoms with Crippen LogP contribution in [-0.2, 0) is 11.3 Å². The predicted octanol–water partition coefficient (Wildman–Crippen LogP) is 5.37. The molecule has 36 heavy (non-hydrogen) atoms. The number of hydrogen-bond acceptors (Lipinski definition) is 3. The second kappa shape index (κ2) is 8.68.